The van der Waals surface area contributed by atoms with Gasteiger partial charge in [-0.2, -0.15) is 0 Å². The molecule has 0 aliphatic carbocycles. The molecule has 1 aliphatic rings. The summed E-state index contributed by atoms with van der Waals surface area (Å²) in [4.78, 5) is 11.0. The van der Waals surface area contributed by atoms with Crippen molar-refractivity contribution in [3.63, 3.8) is 0 Å². The Bertz CT molecular complexity index is 180. The summed E-state index contributed by atoms with van der Waals surface area (Å²) in [6, 6.07) is -0.317. The molecule has 0 radical (unpaired) electrons. The van der Waals surface area contributed by atoms with Crippen molar-refractivity contribution in [1.29, 1.82) is 0 Å². The van der Waals surface area contributed by atoms with Crippen LogP contribution in [-0.4, -0.2) is 23.5 Å². The van der Waals surface area contributed by atoms with Crippen LogP contribution in [0.1, 0.15) is 12.8 Å². The lowest BCUT2D eigenvalue weighted by molar-refractivity contribution is -0.122. The molecule has 1 rings (SSSR count). The molecule has 1 atom stereocenters. The molecular weight excluding hydrogens is 146 g/mol. The first kappa shape index (κ1) is 8.09. The SMILES string of the molecule is NN=NC(=O)[C@@H]1CCCN1N. The Morgan fingerprint density at radius 1 is 1.64 bits per heavy atom. The minimum atomic E-state index is -0.354. The number of hydrogen-bond donors (Lipinski definition) is 2. The van der Waals surface area contributed by atoms with Crippen molar-refractivity contribution in [2.75, 3.05) is 6.54 Å². The highest BCUT2D eigenvalue weighted by Crippen LogP contribution is 2.13. The lowest BCUT2D eigenvalue weighted by atomic mass is 10.2. The van der Waals surface area contributed by atoms with E-state index in [9.17, 15) is 4.79 Å². The zero-order chi connectivity index (χ0) is 8.27. The summed E-state index contributed by atoms with van der Waals surface area (Å²) in [5.74, 6) is 9.85. The van der Waals surface area contributed by atoms with Gasteiger partial charge < -0.3 is 5.84 Å². The van der Waals surface area contributed by atoms with Crippen LogP contribution in [0.4, 0.5) is 0 Å². The highest BCUT2D eigenvalue weighted by atomic mass is 16.2. The van der Waals surface area contributed by atoms with Crippen molar-refractivity contribution in [2.24, 2.45) is 22.0 Å². The minimum absolute atomic E-state index is 0.317. The lowest BCUT2D eigenvalue weighted by Gasteiger charge is -2.13. The molecule has 1 heterocycles. The van der Waals surface area contributed by atoms with Crippen LogP contribution < -0.4 is 11.7 Å². The van der Waals surface area contributed by atoms with Gasteiger partial charge in [0.15, 0.2) is 0 Å². The van der Waals surface area contributed by atoms with E-state index < -0.39 is 0 Å². The fraction of sp³-hybridized carbons (Fsp3) is 0.800. The van der Waals surface area contributed by atoms with Gasteiger partial charge in [0.1, 0.15) is 6.04 Å². The van der Waals surface area contributed by atoms with Crippen LogP contribution in [0, 0.1) is 0 Å². The van der Waals surface area contributed by atoms with Crippen LogP contribution >= 0.6 is 0 Å². The fourth-order valence-corrected chi connectivity index (χ4v) is 1.18. The van der Waals surface area contributed by atoms with E-state index in [1.807, 2.05) is 0 Å². The van der Waals surface area contributed by atoms with E-state index in [1.54, 1.807) is 0 Å². The largest absolute Gasteiger partial charge is 0.304 e. The Balaban J connectivity index is 2.52. The highest BCUT2D eigenvalue weighted by molar-refractivity contribution is 5.82. The summed E-state index contributed by atoms with van der Waals surface area (Å²) in [6.45, 7) is 0.733. The molecule has 0 unspecified atom stereocenters. The van der Waals surface area contributed by atoms with Crippen molar-refractivity contribution < 1.29 is 4.79 Å². The Morgan fingerprint density at radius 3 is 2.82 bits per heavy atom. The van der Waals surface area contributed by atoms with E-state index in [1.165, 1.54) is 5.01 Å². The maximum Gasteiger partial charge on any atom is 0.284 e. The first-order valence-electron chi connectivity index (χ1n) is 3.42. The third-order valence-corrected chi connectivity index (χ3v) is 1.74. The Morgan fingerprint density at radius 2 is 2.36 bits per heavy atom. The van der Waals surface area contributed by atoms with Gasteiger partial charge in [-0.25, -0.2) is 5.01 Å². The van der Waals surface area contributed by atoms with Crippen LogP contribution in [0.25, 0.3) is 0 Å². The topological polar surface area (TPSA) is 97.1 Å². The zero-order valence-electron chi connectivity index (χ0n) is 6.10. The zero-order valence-corrected chi connectivity index (χ0v) is 6.10. The lowest BCUT2D eigenvalue weighted by Crippen LogP contribution is -2.40. The van der Waals surface area contributed by atoms with Gasteiger partial charge >= 0.3 is 0 Å². The molecule has 0 bridgehead atoms. The molecule has 0 aromatic carbocycles. The van der Waals surface area contributed by atoms with Crippen molar-refractivity contribution >= 4 is 5.91 Å². The van der Waals surface area contributed by atoms with Gasteiger partial charge in [0, 0.05) is 6.54 Å². The number of nitrogens with two attached hydrogens (primary N) is 2. The normalized spacial score (nSPS) is 26.5. The molecule has 11 heavy (non-hydrogen) atoms. The Hall–Kier alpha value is -1.01. The summed E-state index contributed by atoms with van der Waals surface area (Å²) < 4.78 is 0. The van der Waals surface area contributed by atoms with Crippen LogP contribution in [-0.2, 0) is 4.79 Å². The molecule has 0 spiro atoms. The van der Waals surface area contributed by atoms with E-state index >= 15 is 0 Å². The average molecular weight is 157 g/mol. The third kappa shape index (κ3) is 1.72. The monoisotopic (exact) mass is 157 g/mol. The standard InChI is InChI=1S/C5H11N5O/c6-9-8-5(11)4-2-1-3-10(4)7/h4H,1-3,7H2,(H2,6,8,11)/t4-/m0/s1. The number of amides is 1. The number of nitrogens with zero attached hydrogens (tertiary/aromatic N) is 3. The van der Waals surface area contributed by atoms with Gasteiger partial charge in [-0.15, -0.1) is 0 Å². The van der Waals surface area contributed by atoms with Gasteiger partial charge in [0.2, 0.25) is 0 Å². The molecule has 0 aromatic rings. The summed E-state index contributed by atoms with van der Waals surface area (Å²) >= 11 is 0. The second-order valence-electron chi connectivity index (χ2n) is 2.45. The van der Waals surface area contributed by atoms with Crippen LogP contribution in [0.5, 0.6) is 0 Å². The van der Waals surface area contributed by atoms with Gasteiger partial charge in [0.25, 0.3) is 5.91 Å². The van der Waals surface area contributed by atoms with Crippen molar-refractivity contribution in [1.82, 2.24) is 5.01 Å². The summed E-state index contributed by atoms with van der Waals surface area (Å²) in [7, 11) is 0. The van der Waals surface area contributed by atoms with Crippen molar-refractivity contribution in [3.8, 4) is 0 Å². The maximum absolute atomic E-state index is 11.0. The van der Waals surface area contributed by atoms with Crippen molar-refractivity contribution in [2.45, 2.75) is 18.9 Å². The van der Waals surface area contributed by atoms with Gasteiger partial charge in [-0.05, 0) is 12.8 Å². The highest BCUT2D eigenvalue weighted by Gasteiger charge is 2.28. The number of carbonyl (C=O) groups excluding carboxylic acids is 1. The molecule has 0 saturated carbocycles. The second kappa shape index (κ2) is 3.40. The van der Waals surface area contributed by atoms with E-state index in [0.29, 0.717) is 0 Å². The molecule has 6 heteroatoms. The van der Waals surface area contributed by atoms with Gasteiger partial charge in [0.05, 0.1) is 0 Å². The number of carbonyl (C=O) groups is 1. The molecule has 6 nitrogen and oxygen atoms in total. The third-order valence-electron chi connectivity index (χ3n) is 1.74. The summed E-state index contributed by atoms with van der Waals surface area (Å²) in [5, 5.41) is 7.58. The number of hydrogen-bond acceptors (Lipinski definition) is 4. The van der Waals surface area contributed by atoms with Gasteiger partial charge in [-0.3, -0.25) is 10.6 Å². The molecule has 1 saturated heterocycles. The van der Waals surface area contributed by atoms with E-state index in [0.717, 1.165) is 19.4 Å². The van der Waals surface area contributed by atoms with Crippen molar-refractivity contribution in [3.05, 3.63) is 0 Å². The van der Waals surface area contributed by atoms with Gasteiger partial charge in [-0.1, -0.05) is 10.3 Å². The quantitative estimate of drug-likeness (QED) is 0.295. The molecule has 1 fully saturated rings. The van der Waals surface area contributed by atoms with E-state index in [-0.39, 0.29) is 11.9 Å². The molecule has 0 aromatic heterocycles. The Kier molecular flexibility index (Phi) is 2.50. The smallest absolute Gasteiger partial charge is 0.284 e. The van der Waals surface area contributed by atoms with Crippen LogP contribution in [0.15, 0.2) is 10.3 Å². The number of rotatable bonds is 1. The first-order chi connectivity index (χ1) is 5.25. The molecule has 1 amide bonds. The molecule has 62 valence electrons. The predicted octanol–water partition coefficient (Wildman–Crippen LogP) is -0.823. The summed E-state index contributed by atoms with van der Waals surface area (Å²) in [6.07, 6.45) is 1.67. The summed E-state index contributed by atoms with van der Waals surface area (Å²) in [5.41, 5.74) is 0. The van der Waals surface area contributed by atoms with Crippen LogP contribution in [0.3, 0.4) is 0 Å². The average Bonchev–Trinajstić information content (AvgIpc) is 2.36. The molecular formula is C5H11N5O. The van der Waals surface area contributed by atoms with E-state index in [4.69, 9.17) is 11.7 Å². The maximum atomic E-state index is 11.0. The first-order valence-corrected chi connectivity index (χ1v) is 3.42. The minimum Gasteiger partial charge on any atom is -0.304 e. The second-order valence-corrected chi connectivity index (χ2v) is 2.45. The van der Waals surface area contributed by atoms with Crippen LogP contribution in [0.2, 0.25) is 0 Å². The van der Waals surface area contributed by atoms with E-state index in [2.05, 4.69) is 10.3 Å². The fourth-order valence-electron chi connectivity index (χ4n) is 1.18. The predicted molar refractivity (Wildman–Crippen MR) is 38.0 cm³/mol. The molecule has 1 aliphatic heterocycles. The number of hydrazine groups is 1. The molecule has 4 N–H and O–H groups in total. The Labute approximate surface area is 64.2 Å².